The molecule has 1 aliphatic heterocycles. The molecule has 1 atom stereocenters. The number of amides is 1. The lowest BCUT2D eigenvalue weighted by molar-refractivity contribution is -0.120. The number of hydrogen-bond acceptors (Lipinski definition) is 4. The number of fused-ring (bicyclic) bond motifs is 1. The third-order valence-electron chi connectivity index (χ3n) is 4.18. The van der Waals surface area contributed by atoms with E-state index in [1.807, 2.05) is 0 Å². The fourth-order valence-corrected chi connectivity index (χ4v) is 3.25. The normalized spacial score (nSPS) is 20.1. The molecule has 1 aromatic rings. The molecule has 1 aliphatic carbocycles. The molecule has 0 spiro atoms. The molecule has 0 saturated heterocycles. The second-order valence-electron chi connectivity index (χ2n) is 7.34. The number of rotatable bonds is 2. The molecule has 0 N–H and O–H groups in total. The summed E-state index contributed by atoms with van der Waals surface area (Å²) in [5, 5.41) is 0. The van der Waals surface area contributed by atoms with Crippen LogP contribution in [-0.4, -0.2) is 35.6 Å². The van der Waals surface area contributed by atoms with Crippen LogP contribution in [0.25, 0.3) is 0 Å². The van der Waals surface area contributed by atoms with Crippen LogP contribution in [0.5, 0.6) is 0 Å². The lowest BCUT2D eigenvalue weighted by atomic mass is 10.1. The van der Waals surface area contributed by atoms with Crippen molar-refractivity contribution in [3.63, 3.8) is 0 Å². The van der Waals surface area contributed by atoms with Gasteiger partial charge in [0, 0.05) is 6.08 Å². The number of benzene rings is 1. The van der Waals surface area contributed by atoms with Crippen LogP contribution in [0.3, 0.4) is 0 Å². The molecule has 2 aliphatic rings. The summed E-state index contributed by atoms with van der Waals surface area (Å²) in [6.45, 7) is 5.55. The number of nitrogens with zero attached hydrogens (tertiary/aromatic N) is 1. The van der Waals surface area contributed by atoms with Crippen molar-refractivity contribution in [2.24, 2.45) is 0 Å². The molecule has 0 fully saturated rings. The highest BCUT2D eigenvalue weighted by Crippen LogP contribution is 2.39. The van der Waals surface area contributed by atoms with Gasteiger partial charge in [0.15, 0.2) is 5.78 Å². The summed E-state index contributed by atoms with van der Waals surface area (Å²) in [5.41, 5.74) is 1.57. The molecule has 1 heterocycles. The predicted octanol–water partition coefficient (Wildman–Crippen LogP) is 3.53. The summed E-state index contributed by atoms with van der Waals surface area (Å²) in [6.07, 6.45) is 2.22. The number of ether oxygens (including phenoxy) is 2. The number of halogens is 1. The Labute approximate surface area is 146 Å². The van der Waals surface area contributed by atoms with Crippen molar-refractivity contribution in [2.75, 3.05) is 13.2 Å². The van der Waals surface area contributed by atoms with Gasteiger partial charge in [0.05, 0.1) is 18.3 Å². The zero-order valence-electron chi connectivity index (χ0n) is 14.7. The van der Waals surface area contributed by atoms with Gasteiger partial charge in [-0.3, -0.25) is 9.69 Å². The van der Waals surface area contributed by atoms with E-state index in [0.29, 0.717) is 18.5 Å². The Bertz CT molecular complexity index is 735. The smallest absolute Gasteiger partial charge is 0.415 e. The van der Waals surface area contributed by atoms with Crippen LogP contribution >= 0.6 is 0 Å². The highest BCUT2D eigenvalue weighted by molar-refractivity contribution is 5.92. The number of ketones is 1. The van der Waals surface area contributed by atoms with E-state index in [0.717, 1.165) is 11.1 Å². The maximum absolute atomic E-state index is 13.5. The molecule has 0 bridgehead atoms. The average molecular weight is 347 g/mol. The molecular weight excluding hydrogens is 325 g/mol. The zero-order valence-corrected chi connectivity index (χ0v) is 14.7. The van der Waals surface area contributed by atoms with Crippen LogP contribution in [-0.2, 0) is 20.7 Å². The lowest BCUT2D eigenvalue weighted by Gasteiger charge is -2.34. The molecule has 0 aromatic heterocycles. The van der Waals surface area contributed by atoms with E-state index >= 15 is 0 Å². The number of hydrogen-bond donors (Lipinski definition) is 0. The monoisotopic (exact) mass is 347 g/mol. The van der Waals surface area contributed by atoms with E-state index in [1.165, 1.54) is 23.1 Å². The van der Waals surface area contributed by atoms with Gasteiger partial charge in [-0.15, -0.1) is 0 Å². The maximum Gasteiger partial charge on any atom is 0.415 e. The quantitative estimate of drug-likeness (QED) is 0.821. The molecular formula is C19H22FNO4. The van der Waals surface area contributed by atoms with Crippen molar-refractivity contribution < 1.29 is 23.5 Å². The Morgan fingerprint density at radius 3 is 2.76 bits per heavy atom. The van der Waals surface area contributed by atoms with Gasteiger partial charge in [-0.25, -0.2) is 9.18 Å². The van der Waals surface area contributed by atoms with Gasteiger partial charge >= 0.3 is 6.09 Å². The fraction of sp³-hybridized carbons (Fsp3) is 0.474. The van der Waals surface area contributed by atoms with Crippen molar-refractivity contribution in [3.05, 3.63) is 46.9 Å². The van der Waals surface area contributed by atoms with Crippen LogP contribution in [0.1, 0.15) is 44.4 Å². The van der Waals surface area contributed by atoms with Gasteiger partial charge in [0.2, 0.25) is 0 Å². The molecule has 25 heavy (non-hydrogen) atoms. The largest absolute Gasteiger partial charge is 0.443 e. The lowest BCUT2D eigenvalue weighted by Crippen LogP contribution is -2.40. The second-order valence-corrected chi connectivity index (χ2v) is 7.34. The zero-order chi connectivity index (χ0) is 18.2. The van der Waals surface area contributed by atoms with E-state index in [4.69, 9.17) is 9.47 Å². The van der Waals surface area contributed by atoms with Gasteiger partial charge in [-0.05, 0) is 56.9 Å². The molecule has 0 saturated carbocycles. The van der Waals surface area contributed by atoms with E-state index in [2.05, 4.69) is 0 Å². The first-order chi connectivity index (χ1) is 11.7. The minimum Gasteiger partial charge on any atom is -0.443 e. The van der Waals surface area contributed by atoms with Gasteiger partial charge < -0.3 is 9.47 Å². The van der Waals surface area contributed by atoms with Crippen LogP contribution in [0.4, 0.5) is 9.18 Å². The van der Waals surface area contributed by atoms with Crippen LogP contribution in [0.2, 0.25) is 0 Å². The van der Waals surface area contributed by atoms with E-state index in [1.54, 1.807) is 26.8 Å². The highest BCUT2D eigenvalue weighted by Gasteiger charge is 2.37. The van der Waals surface area contributed by atoms with Crippen LogP contribution in [0.15, 0.2) is 30.0 Å². The van der Waals surface area contributed by atoms with Gasteiger partial charge in [0.1, 0.15) is 18.0 Å². The first-order valence-electron chi connectivity index (χ1n) is 8.36. The third kappa shape index (κ3) is 3.90. The summed E-state index contributed by atoms with van der Waals surface area (Å²) in [6, 6.07) is 4.29. The Morgan fingerprint density at radius 2 is 2.08 bits per heavy atom. The maximum atomic E-state index is 13.5. The van der Waals surface area contributed by atoms with Crippen molar-refractivity contribution >= 4 is 11.9 Å². The summed E-state index contributed by atoms with van der Waals surface area (Å²) < 4.78 is 24.3. The Hall–Kier alpha value is -2.21. The molecule has 134 valence electrons. The predicted molar refractivity (Wildman–Crippen MR) is 89.4 cm³/mol. The van der Waals surface area contributed by atoms with Crippen LogP contribution < -0.4 is 0 Å². The Morgan fingerprint density at radius 1 is 1.32 bits per heavy atom. The summed E-state index contributed by atoms with van der Waals surface area (Å²) in [4.78, 5) is 26.1. The highest BCUT2D eigenvalue weighted by atomic mass is 19.1. The number of carbonyl (C=O) groups is 2. The minimum atomic E-state index is -0.667. The Kier molecular flexibility index (Phi) is 4.64. The van der Waals surface area contributed by atoms with E-state index in [9.17, 15) is 14.0 Å². The molecule has 3 rings (SSSR count). The first-order valence-corrected chi connectivity index (χ1v) is 8.36. The number of carbonyl (C=O) groups excluding carboxylic acids is 2. The van der Waals surface area contributed by atoms with Crippen molar-refractivity contribution in [1.82, 2.24) is 4.90 Å². The molecule has 1 amide bonds. The topological polar surface area (TPSA) is 55.8 Å². The average Bonchev–Trinajstić information content (AvgIpc) is 2.88. The van der Waals surface area contributed by atoms with Gasteiger partial charge in [-0.2, -0.15) is 0 Å². The SMILES string of the molecule is CC(C)(C)OC(=O)N(C1=CC(=O)COC1)[C@@H]1CCc2cc(F)ccc21. The number of aryl methyl sites for hydroxylation is 1. The summed E-state index contributed by atoms with van der Waals surface area (Å²) in [7, 11) is 0. The molecule has 6 heteroatoms. The van der Waals surface area contributed by atoms with Crippen molar-refractivity contribution in [3.8, 4) is 0 Å². The third-order valence-corrected chi connectivity index (χ3v) is 4.18. The van der Waals surface area contributed by atoms with E-state index < -0.39 is 11.7 Å². The van der Waals surface area contributed by atoms with Gasteiger partial charge in [-0.1, -0.05) is 6.07 Å². The van der Waals surface area contributed by atoms with Crippen molar-refractivity contribution in [2.45, 2.75) is 45.3 Å². The minimum absolute atomic E-state index is 0.0120. The Balaban J connectivity index is 1.98. The van der Waals surface area contributed by atoms with Gasteiger partial charge in [0.25, 0.3) is 0 Å². The molecule has 1 aromatic carbocycles. The summed E-state index contributed by atoms with van der Waals surface area (Å²) >= 11 is 0. The standard InChI is InChI=1S/C19H22FNO4/c1-19(2,3)25-18(23)21(14-9-15(22)11-24-10-14)17-7-4-12-8-13(20)5-6-16(12)17/h5-6,8-9,17H,4,7,10-11H2,1-3H3/t17-/m1/s1. The van der Waals surface area contributed by atoms with Crippen molar-refractivity contribution in [1.29, 1.82) is 0 Å². The fourth-order valence-electron chi connectivity index (χ4n) is 3.25. The van der Waals surface area contributed by atoms with Crippen LogP contribution in [0, 0.1) is 5.82 Å². The first kappa shape index (κ1) is 17.6. The molecule has 5 nitrogen and oxygen atoms in total. The second kappa shape index (κ2) is 6.59. The van der Waals surface area contributed by atoms with E-state index in [-0.39, 0.29) is 30.9 Å². The molecule has 0 unspecified atom stereocenters. The molecule has 0 radical (unpaired) electrons. The summed E-state index contributed by atoms with van der Waals surface area (Å²) in [5.74, 6) is -0.481.